The number of carboxylic acid groups (broad SMARTS) is 1. The van der Waals surface area contributed by atoms with Gasteiger partial charge in [-0.1, -0.05) is 0 Å². The predicted molar refractivity (Wildman–Crippen MR) is 74.6 cm³/mol. The Bertz CT molecular complexity index is 481. The van der Waals surface area contributed by atoms with Gasteiger partial charge in [-0.25, -0.2) is 14.6 Å². The van der Waals surface area contributed by atoms with Crippen molar-refractivity contribution in [1.29, 1.82) is 0 Å². The van der Waals surface area contributed by atoms with Gasteiger partial charge in [-0.2, -0.15) is 0 Å². The number of nitrogens with one attached hydrogen (secondary N) is 2. The lowest BCUT2D eigenvalue weighted by molar-refractivity contribution is 0.127. The minimum atomic E-state index is -0.949. The van der Waals surface area contributed by atoms with Gasteiger partial charge in [-0.05, 0) is 28.8 Å². The maximum absolute atomic E-state index is 11.7. The van der Waals surface area contributed by atoms with E-state index in [0.29, 0.717) is 22.8 Å². The Morgan fingerprint density at radius 2 is 2.37 bits per heavy atom. The van der Waals surface area contributed by atoms with Crippen LogP contribution in [0, 0.1) is 0 Å². The average Bonchev–Trinajstić information content (AvgIpc) is 2.74. The third-order valence-electron chi connectivity index (χ3n) is 2.74. The first kappa shape index (κ1) is 14.1. The summed E-state index contributed by atoms with van der Waals surface area (Å²) in [7, 11) is 0. The van der Waals surface area contributed by atoms with Crippen LogP contribution in [0.4, 0.5) is 15.4 Å². The van der Waals surface area contributed by atoms with Gasteiger partial charge in [-0.15, -0.1) is 11.3 Å². The number of hydrogen-bond donors (Lipinski definition) is 3. The van der Waals surface area contributed by atoms with Crippen molar-refractivity contribution in [2.75, 3.05) is 18.4 Å². The maximum atomic E-state index is 11.7. The summed E-state index contributed by atoms with van der Waals surface area (Å²) < 4.78 is 0.692. The van der Waals surface area contributed by atoms with Crippen LogP contribution in [0.1, 0.15) is 12.8 Å². The Balaban J connectivity index is 1.83. The SMILES string of the molecule is O=C(Nc1csc(Br)n1)N[C@H]1CCCN(C(=O)O)C1. The van der Waals surface area contributed by atoms with Crippen molar-refractivity contribution >= 4 is 45.2 Å². The molecule has 1 saturated heterocycles. The van der Waals surface area contributed by atoms with Crippen LogP contribution in [0.2, 0.25) is 0 Å². The summed E-state index contributed by atoms with van der Waals surface area (Å²) >= 11 is 4.58. The van der Waals surface area contributed by atoms with Crippen molar-refractivity contribution in [2.45, 2.75) is 18.9 Å². The Hall–Kier alpha value is -1.35. The van der Waals surface area contributed by atoms with Gasteiger partial charge in [0.2, 0.25) is 0 Å². The number of urea groups is 1. The Labute approximate surface area is 122 Å². The predicted octanol–water partition coefficient (Wildman–Crippen LogP) is 2.17. The number of rotatable bonds is 2. The van der Waals surface area contributed by atoms with Gasteiger partial charge in [0, 0.05) is 24.5 Å². The molecule has 0 saturated carbocycles. The number of hydrogen-bond acceptors (Lipinski definition) is 4. The molecule has 2 rings (SSSR count). The fourth-order valence-electron chi connectivity index (χ4n) is 1.92. The molecular formula is C10H13BrN4O3S. The number of thiazole rings is 1. The first-order chi connectivity index (χ1) is 9.04. The van der Waals surface area contributed by atoms with E-state index in [0.717, 1.165) is 12.8 Å². The van der Waals surface area contributed by atoms with Crippen LogP contribution in [0.3, 0.4) is 0 Å². The van der Waals surface area contributed by atoms with Gasteiger partial charge in [0.1, 0.15) is 5.82 Å². The second kappa shape index (κ2) is 6.20. The molecule has 0 radical (unpaired) electrons. The van der Waals surface area contributed by atoms with E-state index >= 15 is 0 Å². The van der Waals surface area contributed by atoms with E-state index < -0.39 is 6.09 Å². The highest BCUT2D eigenvalue weighted by molar-refractivity contribution is 9.11. The highest BCUT2D eigenvalue weighted by atomic mass is 79.9. The lowest BCUT2D eigenvalue weighted by Gasteiger charge is -2.31. The minimum Gasteiger partial charge on any atom is -0.465 e. The molecule has 1 aliphatic rings. The zero-order valence-corrected chi connectivity index (χ0v) is 12.3. The first-order valence-electron chi connectivity index (χ1n) is 5.71. The molecule has 2 heterocycles. The molecule has 104 valence electrons. The number of nitrogens with zero attached hydrogens (tertiary/aromatic N) is 2. The fourth-order valence-corrected chi connectivity index (χ4v) is 2.86. The molecule has 1 aliphatic heterocycles. The van der Waals surface area contributed by atoms with Crippen molar-refractivity contribution in [2.24, 2.45) is 0 Å². The summed E-state index contributed by atoms with van der Waals surface area (Å²) in [4.78, 5) is 27.9. The van der Waals surface area contributed by atoms with Gasteiger partial charge in [0.05, 0.1) is 0 Å². The largest absolute Gasteiger partial charge is 0.465 e. The smallest absolute Gasteiger partial charge is 0.407 e. The average molecular weight is 349 g/mol. The maximum Gasteiger partial charge on any atom is 0.407 e. The summed E-state index contributed by atoms with van der Waals surface area (Å²) in [6.45, 7) is 0.845. The van der Waals surface area contributed by atoms with Gasteiger partial charge < -0.3 is 15.3 Å². The first-order valence-corrected chi connectivity index (χ1v) is 7.38. The number of amides is 3. The molecule has 1 aromatic heterocycles. The van der Waals surface area contributed by atoms with Crippen molar-refractivity contribution in [3.8, 4) is 0 Å². The van der Waals surface area contributed by atoms with E-state index in [4.69, 9.17) is 5.11 Å². The lowest BCUT2D eigenvalue weighted by Crippen LogP contribution is -2.50. The zero-order chi connectivity index (χ0) is 13.8. The van der Waals surface area contributed by atoms with E-state index in [2.05, 4.69) is 31.5 Å². The number of aromatic nitrogens is 1. The molecule has 1 atom stereocenters. The summed E-state index contributed by atoms with van der Waals surface area (Å²) in [5, 5.41) is 16.0. The number of piperidine rings is 1. The van der Waals surface area contributed by atoms with E-state index in [1.165, 1.54) is 16.2 Å². The van der Waals surface area contributed by atoms with Crippen molar-refractivity contribution in [3.63, 3.8) is 0 Å². The Morgan fingerprint density at radius 1 is 1.58 bits per heavy atom. The van der Waals surface area contributed by atoms with Crippen LogP contribution in [0.5, 0.6) is 0 Å². The summed E-state index contributed by atoms with van der Waals surface area (Å²) in [5.41, 5.74) is 0. The quantitative estimate of drug-likeness (QED) is 0.763. The Morgan fingerprint density at radius 3 is 3.00 bits per heavy atom. The van der Waals surface area contributed by atoms with Crippen LogP contribution >= 0.6 is 27.3 Å². The zero-order valence-electron chi connectivity index (χ0n) is 9.93. The van der Waals surface area contributed by atoms with E-state index in [9.17, 15) is 9.59 Å². The van der Waals surface area contributed by atoms with Crippen LogP contribution < -0.4 is 10.6 Å². The molecule has 7 nitrogen and oxygen atoms in total. The van der Waals surface area contributed by atoms with Gasteiger partial charge in [0.25, 0.3) is 0 Å². The van der Waals surface area contributed by atoms with E-state index in [1.807, 2.05) is 0 Å². The standard InChI is InChI=1S/C10H13BrN4O3S/c11-8-13-7(5-19-8)14-9(16)12-6-2-1-3-15(4-6)10(17)18/h5-6H,1-4H2,(H,17,18)(H2,12,14,16)/t6-/m0/s1. The van der Waals surface area contributed by atoms with Crippen LogP contribution in [0.15, 0.2) is 9.30 Å². The number of anilines is 1. The van der Waals surface area contributed by atoms with Crippen LogP contribution in [-0.4, -0.2) is 46.2 Å². The number of halogens is 1. The molecule has 1 fully saturated rings. The van der Waals surface area contributed by atoms with Crippen LogP contribution in [0.25, 0.3) is 0 Å². The monoisotopic (exact) mass is 348 g/mol. The van der Waals surface area contributed by atoms with E-state index in [1.54, 1.807) is 5.38 Å². The van der Waals surface area contributed by atoms with Crippen molar-refractivity contribution in [3.05, 3.63) is 9.30 Å². The molecular weight excluding hydrogens is 336 g/mol. The number of carbonyl (C=O) groups excluding carboxylic acids is 1. The highest BCUT2D eigenvalue weighted by Crippen LogP contribution is 2.19. The number of carbonyl (C=O) groups is 2. The van der Waals surface area contributed by atoms with Gasteiger partial charge >= 0.3 is 12.1 Å². The summed E-state index contributed by atoms with van der Waals surface area (Å²) in [5.74, 6) is 0.472. The van der Waals surface area contributed by atoms with Gasteiger partial charge in [0.15, 0.2) is 3.92 Å². The fraction of sp³-hybridized carbons (Fsp3) is 0.500. The molecule has 9 heteroatoms. The highest BCUT2D eigenvalue weighted by Gasteiger charge is 2.24. The van der Waals surface area contributed by atoms with Crippen LogP contribution in [-0.2, 0) is 0 Å². The topological polar surface area (TPSA) is 94.6 Å². The molecule has 3 N–H and O–H groups in total. The second-order valence-electron chi connectivity index (χ2n) is 4.15. The molecule has 0 aromatic carbocycles. The molecule has 19 heavy (non-hydrogen) atoms. The molecule has 1 aromatic rings. The summed E-state index contributed by atoms with van der Waals surface area (Å²) in [6, 6.07) is -0.526. The normalized spacial score (nSPS) is 19.0. The van der Waals surface area contributed by atoms with Crippen molar-refractivity contribution in [1.82, 2.24) is 15.2 Å². The second-order valence-corrected chi connectivity index (χ2v) is 6.29. The molecule has 0 aliphatic carbocycles. The molecule has 0 unspecified atom stereocenters. The lowest BCUT2D eigenvalue weighted by atomic mass is 10.1. The molecule has 0 spiro atoms. The third kappa shape index (κ3) is 4.06. The van der Waals surface area contributed by atoms with E-state index in [-0.39, 0.29) is 12.1 Å². The Kier molecular flexibility index (Phi) is 4.59. The van der Waals surface area contributed by atoms with Gasteiger partial charge in [-0.3, -0.25) is 5.32 Å². The number of likely N-dealkylation sites (tertiary alicyclic amines) is 1. The molecule has 3 amide bonds. The third-order valence-corrected chi connectivity index (χ3v) is 4.11. The minimum absolute atomic E-state index is 0.160. The molecule has 0 bridgehead atoms. The van der Waals surface area contributed by atoms with Crippen molar-refractivity contribution < 1.29 is 14.7 Å². The summed E-state index contributed by atoms with van der Waals surface area (Å²) in [6.07, 6.45) is 0.576.